The van der Waals surface area contributed by atoms with Crippen molar-refractivity contribution in [2.24, 2.45) is 0 Å². The largest absolute Gasteiger partial charge is 0.376 e. The van der Waals surface area contributed by atoms with E-state index < -0.39 is 0 Å². The number of ether oxygens (including phenoxy) is 1. The van der Waals surface area contributed by atoms with Gasteiger partial charge in [0, 0.05) is 62.4 Å². The van der Waals surface area contributed by atoms with Gasteiger partial charge in [-0.05, 0) is 49.1 Å². The predicted octanol–water partition coefficient (Wildman–Crippen LogP) is 5.22. The number of anilines is 2. The lowest BCUT2D eigenvalue weighted by Crippen LogP contribution is -2.47. The van der Waals surface area contributed by atoms with Crippen LogP contribution in [0.5, 0.6) is 0 Å². The Morgan fingerprint density at radius 2 is 1.89 bits per heavy atom. The number of carbonyl (C=O) groups excluding carboxylic acids is 1. The summed E-state index contributed by atoms with van der Waals surface area (Å²) in [5.41, 5.74) is 3.86. The molecule has 0 saturated carbocycles. The van der Waals surface area contributed by atoms with Crippen LogP contribution in [-0.4, -0.2) is 61.3 Å². The Morgan fingerprint density at radius 3 is 2.66 bits per heavy atom. The first kappa shape index (κ1) is 26.8. The highest BCUT2D eigenvalue weighted by molar-refractivity contribution is 7.98. The van der Waals surface area contributed by atoms with Crippen molar-refractivity contribution >= 4 is 40.8 Å². The summed E-state index contributed by atoms with van der Waals surface area (Å²) >= 11 is 8.03. The average Bonchev–Trinajstić information content (AvgIpc) is 3.49. The minimum absolute atomic E-state index is 0.0604. The normalized spacial score (nSPS) is 17.6. The fourth-order valence-electron chi connectivity index (χ4n) is 4.82. The van der Waals surface area contributed by atoms with E-state index in [-0.39, 0.29) is 12.0 Å². The van der Waals surface area contributed by atoms with E-state index in [0.717, 1.165) is 85.0 Å². The summed E-state index contributed by atoms with van der Waals surface area (Å²) in [6.45, 7) is 6.99. The molecule has 2 aromatic carbocycles. The molecule has 2 saturated heterocycles. The molecule has 1 N–H and O–H groups in total. The number of halogens is 1. The van der Waals surface area contributed by atoms with E-state index in [9.17, 15) is 4.79 Å². The van der Waals surface area contributed by atoms with Gasteiger partial charge >= 0.3 is 0 Å². The summed E-state index contributed by atoms with van der Waals surface area (Å²) in [5, 5.41) is 4.56. The SMILES string of the molecule is CCc1cc(N2CCN(c3ccccc3Cl)CC2)nc(SCc2cccc(C(=O)NC[C@@H]3CCCO3)c2)n1. The summed E-state index contributed by atoms with van der Waals surface area (Å²) in [4.78, 5) is 27.0. The number of benzene rings is 2. The van der Waals surface area contributed by atoms with E-state index in [1.165, 1.54) is 0 Å². The van der Waals surface area contributed by atoms with Crippen LogP contribution < -0.4 is 15.1 Å². The lowest BCUT2D eigenvalue weighted by atomic mass is 10.1. The van der Waals surface area contributed by atoms with Crippen LogP contribution in [-0.2, 0) is 16.9 Å². The molecule has 9 heteroatoms. The minimum atomic E-state index is -0.0604. The van der Waals surface area contributed by atoms with Crippen LogP contribution in [0.3, 0.4) is 0 Å². The van der Waals surface area contributed by atoms with Crippen LogP contribution >= 0.6 is 23.4 Å². The van der Waals surface area contributed by atoms with Crippen molar-refractivity contribution in [3.05, 3.63) is 76.4 Å². The van der Waals surface area contributed by atoms with Gasteiger partial charge in [0.15, 0.2) is 5.16 Å². The van der Waals surface area contributed by atoms with Gasteiger partial charge in [-0.15, -0.1) is 0 Å². The van der Waals surface area contributed by atoms with Crippen LogP contribution in [0.4, 0.5) is 11.5 Å². The van der Waals surface area contributed by atoms with Crippen molar-refractivity contribution in [3.63, 3.8) is 0 Å². The van der Waals surface area contributed by atoms with Gasteiger partial charge in [-0.2, -0.15) is 0 Å². The molecule has 0 radical (unpaired) electrons. The third kappa shape index (κ3) is 6.79. The fourth-order valence-corrected chi connectivity index (χ4v) is 5.89. The Bertz CT molecular complexity index is 1250. The molecule has 3 aromatic rings. The number of hydrogen-bond donors (Lipinski definition) is 1. The predicted molar refractivity (Wildman–Crippen MR) is 155 cm³/mol. The van der Waals surface area contributed by atoms with Crippen molar-refractivity contribution < 1.29 is 9.53 Å². The van der Waals surface area contributed by atoms with Crippen molar-refractivity contribution in [2.75, 3.05) is 49.1 Å². The third-order valence-corrected chi connectivity index (χ3v) is 8.21. The zero-order valence-corrected chi connectivity index (χ0v) is 23.3. The standard InChI is InChI=1S/C29H34ClN5O2S/c1-2-23-18-27(35-14-12-34(13-15-35)26-11-4-3-10-25(26)30)33-29(32-23)38-20-21-7-5-8-22(17-21)28(36)31-19-24-9-6-16-37-24/h3-5,7-8,10-11,17-18,24H,2,6,9,12-16,19-20H2,1H3,(H,31,36)/t24-/m0/s1. The van der Waals surface area contributed by atoms with Crippen LogP contribution in [0.15, 0.2) is 59.8 Å². The zero-order chi connectivity index (χ0) is 26.3. The van der Waals surface area contributed by atoms with Gasteiger partial charge in [0.2, 0.25) is 0 Å². The molecule has 0 bridgehead atoms. The van der Waals surface area contributed by atoms with Gasteiger partial charge in [0.1, 0.15) is 5.82 Å². The van der Waals surface area contributed by atoms with Gasteiger partial charge in [-0.1, -0.05) is 54.6 Å². The van der Waals surface area contributed by atoms with Gasteiger partial charge in [0.05, 0.1) is 16.8 Å². The molecule has 0 unspecified atom stereocenters. The lowest BCUT2D eigenvalue weighted by Gasteiger charge is -2.37. The molecule has 5 rings (SSSR count). The van der Waals surface area contributed by atoms with E-state index in [0.29, 0.717) is 17.9 Å². The molecule has 0 aliphatic carbocycles. The van der Waals surface area contributed by atoms with Gasteiger partial charge in [0.25, 0.3) is 5.91 Å². The van der Waals surface area contributed by atoms with E-state index >= 15 is 0 Å². The molecular weight excluding hydrogens is 518 g/mol. The van der Waals surface area contributed by atoms with Crippen LogP contribution in [0.1, 0.15) is 41.4 Å². The molecule has 38 heavy (non-hydrogen) atoms. The monoisotopic (exact) mass is 551 g/mol. The number of aryl methyl sites for hydroxylation is 1. The number of hydrogen-bond acceptors (Lipinski definition) is 7. The highest BCUT2D eigenvalue weighted by atomic mass is 35.5. The first-order valence-corrected chi connectivity index (χ1v) is 14.7. The minimum Gasteiger partial charge on any atom is -0.376 e. The Balaban J connectivity index is 1.20. The van der Waals surface area contributed by atoms with Crippen molar-refractivity contribution in [2.45, 2.75) is 43.2 Å². The van der Waals surface area contributed by atoms with E-state index in [4.69, 9.17) is 26.3 Å². The maximum absolute atomic E-state index is 12.6. The molecule has 7 nitrogen and oxygen atoms in total. The first-order chi connectivity index (χ1) is 18.6. The highest BCUT2D eigenvalue weighted by Crippen LogP contribution is 2.28. The molecule has 2 aliphatic heterocycles. The topological polar surface area (TPSA) is 70.6 Å². The summed E-state index contributed by atoms with van der Waals surface area (Å²) < 4.78 is 5.61. The summed E-state index contributed by atoms with van der Waals surface area (Å²) in [5.74, 6) is 1.61. The van der Waals surface area contributed by atoms with E-state index in [1.807, 2.05) is 42.5 Å². The maximum atomic E-state index is 12.6. The Kier molecular flexibility index (Phi) is 9.04. The highest BCUT2D eigenvalue weighted by Gasteiger charge is 2.21. The molecule has 1 atom stereocenters. The van der Waals surface area contributed by atoms with E-state index in [2.05, 4.69) is 34.2 Å². The Hall–Kier alpha value is -2.81. The Morgan fingerprint density at radius 1 is 1.08 bits per heavy atom. The number of carbonyl (C=O) groups is 1. The molecule has 0 spiro atoms. The molecule has 200 valence electrons. The Labute approximate surface area is 233 Å². The second-order valence-electron chi connectivity index (χ2n) is 9.61. The maximum Gasteiger partial charge on any atom is 0.251 e. The second kappa shape index (κ2) is 12.8. The number of para-hydroxylation sites is 1. The average molecular weight is 552 g/mol. The van der Waals surface area contributed by atoms with Crippen LogP contribution in [0.2, 0.25) is 5.02 Å². The third-order valence-electron chi connectivity index (χ3n) is 6.98. The number of amides is 1. The molecule has 3 heterocycles. The van der Waals surface area contributed by atoms with Gasteiger partial charge in [-0.3, -0.25) is 4.79 Å². The molecule has 1 amide bonds. The van der Waals surface area contributed by atoms with Crippen LogP contribution in [0.25, 0.3) is 0 Å². The quantitative estimate of drug-likeness (QED) is 0.289. The van der Waals surface area contributed by atoms with Crippen LogP contribution in [0, 0.1) is 0 Å². The number of nitrogens with zero attached hydrogens (tertiary/aromatic N) is 4. The lowest BCUT2D eigenvalue weighted by molar-refractivity contribution is 0.0857. The second-order valence-corrected chi connectivity index (χ2v) is 11.0. The summed E-state index contributed by atoms with van der Waals surface area (Å²) in [6.07, 6.45) is 3.05. The number of thioether (sulfide) groups is 1. The summed E-state index contributed by atoms with van der Waals surface area (Å²) in [7, 11) is 0. The molecular formula is C29H34ClN5O2S. The van der Waals surface area contributed by atoms with E-state index in [1.54, 1.807) is 11.8 Å². The molecule has 2 aliphatic rings. The van der Waals surface area contributed by atoms with Crippen molar-refractivity contribution in [1.82, 2.24) is 15.3 Å². The van der Waals surface area contributed by atoms with Gasteiger partial charge < -0.3 is 19.9 Å². The molecule has 1 aromatic heterocycles. The first-order valence-electron chi connectivity index (χ1n) is 13.3. The smallest absolute Gasteiger partial charge is 0.251 e. The number of piperazine rings is 1. The number of nitrogens with one attached hydrogen (secondary N) is 1. The summed E-state index contributed by atoms with van der Waals surface area (Å²) in [6, 6.07) is 17.9. The molecule has 2 fully saturated rings. The van der Waals surface area contributed by atoms with Gasteiger partial charge in [-0.25, -0.2) is 9.97 Å². The number of rotatable bonds is 9. The van der Waals surface area contributed by atoms with Crippen molar-refractivity contribution in [1.29, 1.82) is 0 Å². The van der Waals surface area contributed by atoms with Crippen molar-refractivity contribution in [3.8, 4) is 0 Å². The fraction of sp³-hybridized carbons (Fsp3) is 0.414. The number of aromatic nitrogens is 2. The zero-order valence-electron chi connectivity index (χ0n) is 21.7.